The fraction of sp³-hybridized carbons (Fsp3) is 0.424. The lowest BCUT2D eigenvalue weighted by Crippen LogP contribution is -2.60. The molecule has 5 fully saturated rings. The summed E-state index contributed by atoms with van der Waals surface area (Å²) in [5.74, 6) is 1.91. The number of carbonyl (C=O) groups is 1. The van der Waals surface area contributed by atoms with Gasteiger partial charge in [-0.25, -0.2) is 16.8 Å². The van der Waals surface area contributed by atoms with E-state index in [-0.39, 0.29) is 34.8 Å². The fourth-order valence-corrected chi connectivity index (χ4v) is 11.6. The van der Waals surface area contributed by atoms with Gasteiger partial charge in [-0.2, -0.15) is 8.61 Å². The smallest absolute Gasteiger partial charge is 0.244 e. The predicted molar refractivity (Wildman–Crippen MR) is 164 cm³/mol. The number of hydrogen-bond acceptors (Lipinski definition) is 5. The molecule has 1 unspecified atom stereocenters. The molecule has 1 heterocycles. The van der Waals surface area contributed by atoms with Crippen molar-refractivity contribution in [3.63, 3.8) is 0 Å². The number of amides is 1. The van der Waals surface area contributed by atoms with Crippen molar-refractivity contribution >= 4 is 31.6 Å². The number of hydrogen-bond donors (Lipinski definition) is 1. The summed E-state index contributed by atoms with van der Waals surface area (Å²) in [4.78, 5) is 14.0. The van der Waals surface area contributed by atoms with Crippen molar-refractivity contribution in [3.8, 4) is 0 Å². The van der Waals surface area contributed by atoms with E-state index in [2.05, 4.69) is 17.4 Å². The molecular weight excluding hydrogens is 583 g/mol. The number of nitrogens with zero attached hydrogens (tertiary/aromatic N) is 2. The molecule has 4 bridgehead atoms. The van der Waals surface area contributed by atoms with Crippen LogP contribution in [-0.4, -0.2) is 57.0 Å². The van der Waals surface area contributed by atoms with Gasteiger partial charge in [0.05, 0.1) is 9.79 Å². The van der Waals surface area contributed by atoms with Crippen LogP contribution in [0.1, 0.15) is 44.1 Å². The monoisotopic (exact) mass is 619 g/mol. The van der Waals surface area contributed by atoms with Gasteiger partial charge in [0.1, 0.15) is 6.04 Å². The Kier molecular flexibility index (Phi) is 7.23. The van der Waals surface area contributed by atoms with Crippen LogP contribution < -0.4 is 5.32 Å². The summed E-state index contributed by atoms with van der Waals surface area (Å²) in [6.45, 7) is -0.500. The molecule has 226 valence electrons. The number of piperazine rings is 1. The van der Waals surface area contributed by atoms with Crippen molar-refractivity contribution in [1.82, 2.24) is 8.61 Å². The molecule has 4 saturated carbocycles. The first-order valence-corrected chi connectivity index (χ1v) is 18.1. The zero-order valence-electron chi connectivity index (χ0n) is 24.0. The Morgan fingerprint density at radius 3 is 1.72 bits per heavy atom. The van der Waals surface area contributed by atoms with Crippen molar-refractivity contribution in [2.75, 3.05) is 25.0 Å². The van der Waals surface area contributed by atoms with Crippen molar-refractivity contribution in [2.45, 2.75) is 59.8 Å². The van der Waals surface area contributed by atoms with E-state index in [4.69, 9.17) is 0 Å². The first-order chi connectivity index (χ1) is 20.6. The Balaban J connectivity index is 1.15. The third-order valence-electron chi connectivity index (χ3n) is 10.1. The summed E-state index contributed by atoms with van der Waals surface area (Å²) in [6.07, 6.45) is 7.83. The van der Waals surface area contributed by atoms with Gasteiger partial charge in [0, 0.05) is 25.3 Å². The molecule has 1 N–H and O–H groups in total. The molecule has 5 aliphatic rings. The highest BCUT2D eigenvalue weighted by Gasteiger charge is 2.51. The first kappa shape index (κ1) is 28.7. The Hall–Kier alpha value is -3.05. The number of sulfonamides is 2. The molecule has 8 nitrogen and oxygen atoms in total. The van der Waals surface area contributed by atoms with E-state index in [9.17, 15) is 21.6 Å². The average molecular weight is 620 g/mol. The topological polar surface area (TPSA) is 104 Å². The summed E-state index contributed by atoms with van der Waals surface area (Å²) in [6, 6.07) is 22.8. The number of benzene rings is 3. The third-order valence-corrected chi connectivity index (χ3v) is 13.9. The van der Waals surface area contributed by atoms with Crippen LogP contribution in [0.4, 0.5) is 5.69 Å². The first-order valence-electron chi connectivity index (χ1n) is 15.2. The van der Waals surface area contributed by atoms with Crippen LogP contribution in [0.25, 0.3) is 0 Å². The van der Waals surface area contributed by atoms with Gasteiger partial charge >= 0.3 is 0 Å². The molecule has 1 atom stereocenters. The Labute approximate surface area is 254 Å². The zero-order chi connectivity index (χ0) is 29.8. The minimum absolute atomic E-state index is 0.0621. The average Bonchev–Trinajstić information content (AvgIpc) is 3.01. The molecule has 3 aromatic rings. The molecule has 3 aromatic carbocycles. The largest absolute Gasteiger partial charge is 0.325 e. The second kappa shape index (κ2) is 10.8. The minimum atomic E-state index is -4.06. The van der Waals surface area contributed by atoms with Crippen LogP contribution in [0.5, 0.6) is 0 Å². The summed E-state index contributed by atoms with van der Waals surface area (Å²) >= 11 is 0. The third kappa shape index (κ3) is 5.22. The molecule has 10 heteroatoms. The van der Waals surface area contributed by atoms with Crippen LogP contribution in [0, 0.1) is 17.8 Å². The molecule has 43 heavy (non-hydrogen) atoms. The highest BCUT2D eigenvalue weighted by molar-refractivity contribution is 7.89. The fourth-order valence-electron chi connectivity index (χ4n) is 8.53. The number of rotatable bonds is 7. The number of carbonyl (C=O) groups excluding carboxylic acids is 1. The van der Waals surface area contributed by atoms with Gasteiger partial charge in [0.2, 0.25) is 26.0 Å². The van der Waals surface area contributed by atoms with Crippen LogP contribution in [-0.2, 0) is 30.3 Å². The lowest BCUT2D eigenvalue weighted by atomic mass is 9.48. The minimum Gasteiger partial charge on any atom is -0.325 e. The molecular formula is C33H37N3O5S2. The van der Waals surface area contributed by atoms with Gasteiger partial charge in [-0.3, -0.25) is 4.79 Å². The van der Waals surface area contributed by atoms with Crippen molar-refractivity contribution in [3.05, 3.63) is 90.5 Å². The predicted octanol–water partition coefficient (Wildman–Crippen LogP) is 4.86. The van der Waals surface area contributed by atoms with E-state index in [1.54, 1.807) is 36.4 Å². The molecule has 4 aliphatic carbocycles. The van der Waals surface area contributed by atoms with E-state index < -0.39 is 32.0 Å². The molecule has 1 aliphatic heterocycles. The lowest BCUT2D eigenvalue weighted by Gasteiger charge is -2.57. The molecule has 8 rings (SSSR count). The maximum atomic E-state index is 13.8. The van der Waals surface area contributed by atoms with Crippen LogP contribution in [0.2, 0.25) is 0 Å². The van der Waals surface area contributed by atoms with Gasteiger partial charge in [0.15, 0.2) is 0 Å². The summed E-state index contributed by atoms with van der Waals surface area (Å²) in [5.41, 5.74) is 2.13. The van der Waals surface area contributed by atoms with Crippen LogP contribution >= 0.6 is 0 Å². The Bertz CT molecular complexity index is 1680. The summed E-state index contributed by atoms with van der Waals surface area (Å²) in [5, 5.41) is 2.91. The van der Waals surface area contributed by atoms with Crippen LogP contribution in [0.15, 0.2) is 94.7 Å². The molecule has 1 amide bonds. The molecule has 0 spiro atoms. The molecule has 0 aromatic heterocycles. The molecule has 0 radical (unpaired) electrons. The van der Waals surface area contributed by atoms with Crippen molar-refractivity contribution in [1.29, 1.82) is 0 Å². The second-order valence-corrected chi connectivity index (χ2v) is 16.7. The lowest BCUT2D eigenvalue weighted by molar-refractivity contribution is -0.120. The Morgan fingerprint density at radius 1 is 0.674 bits per heavy atom. The van der Waals surface area contributed by atoms with E-state index in [1.807, 2.05) is 12.1 Å². The second-order valence-electron chi connectivity index (χ2n) is 12.9. The van der Waals surface area contributed by atoms with E-state index in [1.165, 1.54) is 72.7 Å². The van der Waals surface area contributed by atoms with Gasteiger partial charge in [-0.15, -0.1) is 0 Å². The van der Waals surface area contributed by atoms with E-state index in [0.717, 1.165) is 22.1 Å². The maximum absolute atomic E-state index is 13.8. The number of anilines is 1. The van der Waals surface area contributed by atoms with Gasteiger partial charge < -0.3 is 5.32 Å². The van der Waals surface area contributed by atoms with Crippen molar-refractivity contribution < 1.29 is 21.6 Å². The molecule has 1 saturated heterocycles. The van der Waals surface area contributed by atoms with Crippen molar-refractivity contribution in [2.24, 2.45) is 17.8 Å². The van der Waals surface area contributed by atoms with Gasteiger partial charge in [0.25, 0.3) is 0 Å². The maximum Gasteiger partial charge on any atom is 0.244 e. The summed E-state index contributed by atoms with van der Waals surface area (Å²) in [7, 11) is -7.99. The Morgan fingerprint density at radius 2 is 1.19 bits per heavy atom. The van der Waals surface area contributed by atoms with Gasteiger partial charge in [-0.05, 0) is 104 Å². The highest BCUT2D eigenvalue weighted by atomic mass is 32.2. The highest BCUT2D eigenvalue weighted by Crippen LogP contribution is 2.60. The zero-order valence-corrected chi connectivity index (χ0v) is 25.6. The standard InChI is InChI=1S/C33H37N3O5S2/c37-32(34-28-13-11-27(12-14-28)33-20-24-17-25(21-33)19-26(18-24)22-33)31-23-35(42(38,39)29-7-3-1-4-8-29)15-16-36(31)43(40,41)30-9-5-2-6-10-30/h1-14,24-26,31H,15-23H2,(H,34,37). The summed E-state index contributed by atoms with van der Waals surface area (Å²) < 4.78 is 56.7. The van der Waals surface area contributed by atoms with E-state index >= 15 is 0 Å². The number of nitrogens with one attached hydrogen (secondary N) is 1. The quantitative estimate of drug-likeness (QED) is 0.407. The SMILES string of the molecule is O=C(Nc1ccc(C23CC4CC(CC(C4)C2)C3)cc1)C1CN(S(=O)(=O)c2ccccc2)CCN1S(=O)(=O)c1ccccc1. The van der Waals surface area contributed by atoms with Crippen LogP contribution in [0.3, 0.4) is 0 Å². The normalized spacial score (nSPS) is 29.4. The van der Waals surface area contributed by atoms with Gasteiger partial charge in [-0.1, -0.05) is 48.5 Å². The van der Waals surface area contributed by atoms with E-state index in [0.29, 0.717) is 5.69 Å².